The fourth-order valence-electron chi connectivity index (χ4n) is 0.994. The number of hydrogen-bond donors (Lipinski definition) is 0. The van der Waals surface area contributed by atoms with E-state index in [-0.39, 0.29) is 5.75 Å². The van der Waals surface area contributed by atoms with Gasteiger partial charge >= 0.3 is 6.18 Å². The van der Waals surface area contributed by atoms with E-state index in [1.54, 1.807) is 0 Å². The molecule has 0 heterocycles. The Labute approximate surface area is 94.2 Å². The maximum atomic E-state index is 12.4. The smallest absolute Gasteiger partial charge is 0.416 e. The van der Waals surface area contributed by atoms with Gasteiger partial charge in [-0.25, -0.2) is 8.42 Å². The number of alkyl halides is 3. The van der Waals surface area contributed by atoms with Gasteiger partial charge in [0.1, 0.15) is 5.75 Å². The standard InChI is InChI=1S/C8H6ClF3O3S/c1-15-6-2-5(8(10,11)12)3-7(4-6)16(9,13)14/h2-4H,1H3. The zero-order valence-corrected chi connectivity index (χ0v) is 9.45. The van der Waals surface area contributed by atoms with Crippen molar-refractivity contribution in [2.45, 2.75) is 11.1 Å². The fourth-order valence-corrected chi connectivity index (χ4v) is 1.79. The molecule has 0 fully saturated rings. The first-order chi connectivity index (χ1) is 7.14. The van der Waals surface area contributed by atoms with Crippen LogP contribution in [0.3, 0.4) is 0 Å². The van der Waals surface area contributed by atoms with Gasteiger partial charge in [0, 0.05) is 16.7 Å². The summed E-state index contributed by atoms with van der Waals surface area (Å²) in [7, 11) is 1.86. The maximum Gasteiger partial charge on any atom is 0.416 e. The van der Waals surface area contributed by atoms with Crippen LogP contribution in [-0.2, 0) is 15.2 Å². The van der Waals surface area contributed by atoms with Gasteiger partial charge in [0.15, 0.2) is 0 Å². The fraction of sp³-hybridized carbons (Fsp3) is 0.250. The zero-order chi connectivity index (χ0) is 12.6. The molecule has 1 rings (SSSR count). The average molecular weight is 275 g/mol. The van der Waals surface area contributed by atoms with Crippen LogP contribution in [0.1, 0.15) is 5.56 Å². The second-order valence-electron chi connectivity index (χ2n) is 2.83. The molecule has 90 valence electrons. The molecule has 0 aliphatic carbocycles. The zero-order valence-electron chi connectivity index (χ0n) is 7.88. The van der Waals surface area contributed by atoms with Crippen LogP contribution in [0.25, 0.3) is 0 Å². The van der Waals surface area contributed by atoms with Gasteiger partial charge in [0.2, 0.25) is 0 Å². The lowest BCUT2D eigenvalue weighted by Gasteiger charge is -2.10. The van der Waals surface area contributed by atoms with E-state index in [1.165, 1.54) is 0 Å². The summed E-state index contributed by atoms with van der Waals surface area (Å²) < 4.78 is 63.5. The minimum Gasteiger partial charge on any atom is -0.497 e. The molecule has 0 aromatic heterocycles. The van der Waals surface area contributed by atoms with Gasteiger partial charge in [-0.1, -0.05) is 0 Å². The van der Waals surface area contributed by atoms with Crippen LogP contribution in [-0.4, -0.2) is 15.5 Å². The first-order valence-corrected chi connectivity index (χ1v) is 6.16. The Morgan fingerprint density at radius 1 is 1.25 bits per heavy atom. The molecule has 0 N–H and O–H groups in total. The molecule has 3 nitrogen and oxygen atoms in total. The highest BCUT2D eigenvalue weighted by molar-refractivity contribution is 8.13. The number of halogens is 4. The molecule has 0 aliphatic rings. The summed E-state index contributed by atoms with van der Waals surface area (Å²) in [5, 5.41) is 0. The maximum absolute atomic E-state index is 12.4. The summed E-state index contributed by atoms with van der Waals surface area (Å²) in [5.74, 6) is -0.228. The Morgan fingerprint density at radius 3 is 2.19 bits per heavy atom. The molecular formula is C8H6ClF3O3S. The second kappa shape index (κ2) is 4.14. The molecule has 1 aromatic carbocycles. The second-order valence-corrected chi connectivity index (χ2v) is 5.40. The van der Waals surface area contributed by atoms with Crippen LogP contribution < -0.4 is 4.74 Å². The minimum absolute atomic E-state index is 0.228. The van der Waals surface area contributed by atoms with Crippen LogP contribution >= 0.6 is 10.7 Å². The summed E-state index contributed by atoms with van der Waals surface area (Å²) in [6.45, 7) is 0. The summed E-state index contributed by atoms with van der Waals surface area (Å²) in [6.07, 6.45) is -4.66. The van der Waals surface area contributed by atoms with Gasteiger partial charge < -0.3 is 4.74 Å². The summed E-state index contributed by atoms with van der Waals surface area (Å²) in [4.78, 5) is -0.652. The molecule has 0 aliphatic heterocycles. The lowest BCUT2D eigenvalue weighted by atomic mass is 10.2. The highest BCUT2D eigenvalue weighted by atomic mass is 35.7. The lowest BCUT2D eigenvalue weighted by molar-refractivity contribution is -0.137. The Morgan fingerprint density at radius 2 is 1.81 bits per heavy atom. The highest BCUT2D eigenvalue weighted by Gasteiger charge is 2.32. The van der Waals surface area contributed by atoms with E-state index in [0.717, 1.165) is 13.2 Å². The Balaban J connectivity index is 3.45. The number of rotatable bonds is 2. The van der Waals surface area contributed by atoms with E-state index >= 15 is 0 Å². The molecule has 0 radical (unpaired) electrons. The first-order valence-electron chi connectivity index (χ1n) is 3.85. The first kappa shape index (κ1) is 13.1. The van der Waals surface area contributed by atoms with E-state index in [9.17, 15) is 21.6 Å². The van der Waals surface area contributed by atoms with Crippen molar-refractivity contribution in [1.82, 2.24) is 0 Å². The van der Waals surface area contributed by atoms with Gasteiger partial charge in [0.05, 0.1) is 17.6 Å². The number of benzene rings is 1. The van der Waals surface area contributed by atoms with Crippen molar-refractivity contribution in [2.24, 2.45) is 0 Å². The van der Waals surface area contributed by atoms with Crippen molar-refractivity contribution in [3.63, 3.8) is 0 Å². The van der Waals surface area contributed by atoms with E-state index in [2.05, 4.69) is 4.74 Å². The lowest BCUT2D eigenvalue weighted by Crippen LogP contribution is -2.06. The molecule has 0 amide bonds. The summed E-state index contributed by atoms with van der Waals surface area (Å²) in [5.41, 5.74) is -1.13. The SMILES string of the molecule is COc1cc(C(F)(F)F)cc(S(=O)(=O)Cl)c1. The molecule has 0 bridgehead atoms. The topological polar surface area (TPSA) is 43.4 Å². The van der Waals surface area contributed by atoms with Crippen LogP contribution in [0.15, 0.2) is 23.1 Å². The van der Waals surface area contributed by atoms with Crippen molar-refractivity contribution in [2.75, 3.05) is 7.11 Å². The molecule has 16 heavy (non-hydrogen) atoms. The Kier molecular flexibility index (Phi) is 3.39. The predicted molar refractivity (Wildman–Crippen MR) is 51.0 cm³/mol. The van der Waals surface area contributed by atoms with Crippen molar-refractivity contribution < 1.29 is 26.3 Å². The molecule has 0 saturated carbocycles. The molecule has 8 heteroatoms. The predicted octanol–water partition coefficient (Wildman–Crippen LogP) is 2.64. The van der Waals surface area contributed by atoms with E-state index in [1.807, 2.05) is 0 Å². The van der Waals surface area contributed by atoms with Gasteiger partial charge in [-0.2, -0.15) is 13.2 Å². The average Bonchev–Trinajstić information content (AvgIpc) is 2.14. The van der Waals surface area contributed by atoms with Gasteiger partial charge in [-0.15, -0.1) is 0 Å². The van der Waals surface area contributed by atoms with E-state index < -0.39 is 25.7 Å². The van der Waals surface area contributed by atoms with Crippen molar-refractivity contribution >= 4 is 19.7 Å². The van der Waals surface area contributed by atoms with Crippen LogP contribution in [0, 0.1) is 0 Å². The molecule has 1 aromatic rings. The van der Waals surface area contributed by atoms with Crippen LogP contribution in [0.2, 0.25) is 0 Å². The number of methoxy groups -OCH3 is 1. The van der Waals surface area contributed by atoms with E-state index in [0.29, 0.717) is 12.1 Å². The summed E-state index contributed by atoms with van der Waals surface area (Å²) in [6, 6.07) is 2.05. The third-order valence-electron chi connectivity index (χ3n) is 1.72. The third-order valence-corrected chi connectivity index (χ3v) is 3.06. The Hall–Kier alpha value is -0.950. The number of hydrogen-bond acceptors (Lipinski definition) is 3. The summed E-state index contributed by atoms with van der Waals surface area (Å²) >= 11 is 0. The monoisotopic (exact) mass is 274 g/mol. The normalized spacial score (nSPS) is 12.6. The van der Waals surface area contributed by atoms with Gasteiger partial charge in [0.25, 0.3) is 9.05 Å². The van der Waals surface area contributed by atoms with Gasteiger partial charge in [-0.3, -0.25) is 0 Å². The molecule has 0 atom stereocenters. The van der Waals surface area contributed by atoms with Crippen molar-refractivity contribution in [1.29, 1.82) is 0 Å². The number of ether oxygens (including phenoxy) is 1. The van der Waals surface area contributed by atoms with Crippen LogP contribution in [0.4, 0.5) is 13.2 Å². The molecule has 0 unspecified atom stereocenters. The van der Waals surface area contributed by atoms with Crippen LogP contribution in [0.5, 0.6) is 5.75 Å². The molecule has 0 spiro atoms. The Bertz CT molecular complexity index is 496. The van der Waals surface area contributed by atoms with E-state index in [4.69, 9.17) is 10.7 Å². The minimum atomic E-state index is -4.66. The quantitative estimate of drug-likeness (QED) is 0.779. The third kappa shape index (κ3) is 3.02. The van der Waals surface area contributed by atoms with Crippen molar-refractivity contribution in [3.8, 4) is 5.75 Å². The largest absolute Gasteiger partial charge is 0.497 e. The highest BCUT2D eigenvalue weighted by Crippen LogP contribution is 2.34. The molecule has 0 saturated heterocycles. The van der Waals surface area contributed by atoms with Crippen molar-refractivity contribution in [3.05, 3.63) is 23.8 Å². The molecular weight excluding hydrogens is 269 g/mol. The van der Waals surface area contributed by atoms with Gasteiger partial charge in [-0.05, 0) is 12.1 Å².